The molecule has 594 valence electrons. The summed E-state index contributed by atoms with van der Waals surface area (Å²) in [6, 6.07) is 0. The van der Waals surface area contributed by atoms with Crippen molar-refractivity contribution in [3.63, 3.8) is 0 Å². The van der Waals surface area contributed by atoms with Crippen molar-refractivity contribution in [2.45, 2.75) is 439 Å². The van der Waals surface area contributed by atoms with Crippen LogP contribution in [0.15, 0.2) is 0 Å². The Bertz CT molecular complexity index is 1940. The molecule has 3 N–H and O–H groups in total. The maximum atomic E-state index is 13.1. The van der Waals surface area contributed by atoms with Crippen molar-refractivity contribution in [3.8, 4) is 0 Å². The van der Waals surface area contributed by atoms with Crippen LogP contribution in [0, 0.1) is 17.8 Å². The fourth-order valence-electron chi connectivity index (χ4n) is 12.4. The zero-order valence-electron chi connectivity index (χ0n) is 65.7. The van der Waals surface area contributed by atoms with Crippen LogP contribution in [0.25, 0.3) is 0 Å². The van der Waals surface area contributed by atoms with Crippen molar-refractivity contribution in [3.05, 3.63) is 0 Å². The third-order valence-electron chi connectivity index (χ3n) is 19.6. The zero-order chi connectivity index (χ0) is 73.7. The molecule has 0 aliphatic carbocycles. The van der Waals surface area contributed by atoms with Gasteiger partial charge in [0.1, 0.15) is 19.3 Å². The normalized spacial score (nSPS) is 14.5. The van der Waals surface area contributed by atoms with Gasteiger partial charge in [-0.05, 0) is 43.4 Å². The number of rotatable bonds is 79. The lowest BCUT2D eigenvalue weighted by molar-refractivity contribution is -0.161. The van der Waals surface area contributed by atoms with Gasteiger partial charge in [-0.1, -0.05) is 370 Å². The van der Waals surface area contributed by atoms with E-state index in [4.69, 9.17) is 37.0 Å². The van der Waals surface area contributed by atoms with Gasteiger partial charge in [-0.3, -0.25) is 37.3 Å². The van der Waals surface area contributed by atoms with Gasteiger partial charge >= 0.3 is 39.5 Å². The minimum Gasteiger partial charge on any atom is -0.462 e. The summed E-state index contributed by atoms with van der Waals surface area (Å²) in [5.74, 6) is 0.306. The number of phosphoric acid groups is 2. The predicted molar refractivity (Wildman–Crippen MR) is 409 cm³/mol. The Morgan fingerprint density at radius 3 is 0.760 bits per heavy atom. The van der Waals surface area contributed by atoms with Crippen LogP contribution in [0.5, 0.6) is 0 Å². The molecule has 7 atom stereocenters. The third kappa shape index (κ3) is 71.7. The molecule has 0 spiro atoms. The minimum absolute atomic E-state index is 0.106. The molecule has 0 amide bonds. The summed E-state index contributed by atoms with van der Waals surface area (Å²) in [4.78, 5) is 73.0. The Labute approximate surface area is 613 Å². The first kappa shape index (κ1) is 98.1. The zero-order valence-corrected chi connectivity index (χ0v) is 67.5. The molecule has 0 aromatic rings. The van der Waals surface area contributed by atoms with Crippen molar-refractivity contribution in [2.75, 3.05) is 39.6 Å². The van der Waals surface area contributed by atoms with Crippen LogP contribution < -0.4 is 0 Å². The van der Waals surface area contributed by atoms with Gasteiger partial charge in [0.25, 0.3) is 0 Å². The molecular formula is C81H158O17P2. The highest BCUT2D eigenvalue weighted by molar-refractivity contribution is 7.47. The summed E-state index contributed by atoms with van der Waals surface area (Å²) in [6.07, 6.45) is 59.5. The Morgan fingerprint density at radius 2 is 0.510 bits per heavy atom. The molecule has 0 heterocycles. The second kappa shape index (κ2) is 71.3. The van der Waals surface area contributed by atoms with E-state index in [1.807, 2.05) is 0 Å². The van der Waals surface area contributed by atoms with Gasteiger partial charge in [0.15, 0.2) is 12.2 Å². The van der Waals surface area contributed by atoms with Crippen molar-refractivity contribution < 1.29 is 80.2 Å². The molecule has 0 rings (SSSR count). The molecule has 0 aliphatic heterocycles. The van der Waals surface area contributed by atoms with Crippen LogP contribution in [-0.2, 0) is 65.4 Å². The molecule has 0 aliphatic rings. The second-order valence-corrected chi connectivity index (χ2v) is 33.0. The van der Waals surface area contributed by atoms with Crippen molar-refractivity contribution in [1.29, 1.82) is 0 Å². The fraction of sp³-hybridized carbons (Fsp3) is 0.951. The van der Waals surface area contributed by atoms with Crippen molar-refractivity contribution in [1.82, 2.24) is 0 Å². The highest BCUT2D eigenvalue weighted by atomic mass is 31.2. The average Bonchev–Trinajstić information content (AvgIpc) is 0.997. The maximum absolute atomic E-state index is 13.1. The van der Waals surface area contributed by atoms with Crippen LogP contribution in [0.2, 0.25) is 0 Å². The first-order chi connectivity index (χ1) is 48.3. The van der Waals surface area contributed by atoms with E-state index in [-0.39, 0.29) is 25.7 Å². The smallest absolute Gasteiger partial charge is 0.462 e. The summed E-state index contributed by atoms with van der Waals surface area (Å²) in [5, 5.41) is 10.6. The molecule has 0 aromatic heterocycles. The molecule has 0 saturated heterocycles. The van der Waals surface area contributed by atoms with E-state index in [0.29, 0.717) is 25.7 Å². The van der Waals surface area contributed by atoms with Gasteiger partial charge < -0.3 is 33.8 Å². The summed E-state index contributed by atoms with van der Waals surface area (Å²) >= 11 is 0. The van der Waals surface area contributed by atoms with Gasteiger partial charge in [0.2, 0.25) is 0 Å². The average molecular weight is 1470 g/mol. The number of carbonyl (C=O) groups excluding carboxylic acids is 4. The molecule has 0 bridgehead atoms. The number of hydrogen-bond donors (Lipinski definition) is 3. The number of ether oxygens (including phenoxy) is 4. The number of carbonyl (C=O) groups is 4. The Kier molecular flexibility index (Phi) is 69.9. The monoisotopic (exact) mass is 1470 g/mol. The van der Waals surface area contributed by atoms with Crippen LogP contribution in [0.4, 0.5) is 0 Å². The molecule has 17 nitrogen and oxygen atoms in total. The lowest BCUT2D eigenvalue weighted by atomic mass is 9.99. The predicted octanol–water partition coefficient (Wildman–Crippen LogP) is 24.1. The standard InChI is InChI=1S/C81H158O17P2/c1-8-11-12-13-14-15-16-26-34-41-48-55-62-78(83)91-69-77(98-81(86)65-58-51-44-37-30-31-38-45-52-59-72(4)5)71-96-100(89,90)94-67-75(82)66-93-99(87,88)95-70-76(68-92-79(84)63-56-49-42-35-29-28-33-40-47-54-61-74(7)10-3)97-80(85)64-57-50-43-36-27-24-22-20-18-17-19-21-23-25-32-39-46-53-60-73(6)9-2/h72-77,82H,8-71H2,1-7H3,(H,87,88)(H,89,90)/t73?,74?,75-,76-,77-/m1/s1. The molecule has 19 heteroatoms. The van der Waals surface area contributed by atoms with Crippen LogP contribution in [0.3, 0.4) is 0 Å². The lowest BCUT2D eigenvalue weighted by Crippen LogP contribution is -2.30. The van der Waals surface area contributed by atoms with Crippen LogP contribution in [0.1, 0.15) is 421 Å². The fourth-order valence-corrected chi connectivity index (χ4v) is 14.0. The molecular weight excluding hydrogens is 1310 g/mol. The number of aliphatic hydroxyl groups excluding tert-OH is 1. The number of phosphoric ester groups is 2. The maximum Gasteiger partial charge on any atom is 0.472 e. The highest BCUT2D eigenvalue weighted by Crippen LogP contribution is 2.45. The van der Waals surface area contributed by atoms with Gasteiger partial charge in [-0.25, -0.2) is 9.13 Å². The molecule has 0 saturated carbocycles. The summed E-state index contributed by atoms with van der Waals surface area (Å²) < 4.78 is 68.7. The SMILES string of the molecule is CCCCCCCCCCCCCCC(=O)OC[C@H](COP(=O)(O)OC[C@H](O)COP(=O)(O)OC[C@@H](COC(=O)CCCCCCCCCCCCC(C)CC)OC(=O)CCCCCCCCCCCCCCCCCCCCC(C)CC)OC(=O)CCCCCCCCCCCC(C)C. The Balaban J connectivity index is 5.22. The quantitative estimate of drug-likeness (QED) is 0.0222. The molecule has 100 heavy (non-hydrogen) atoms. The van der Waals surface area contributed by atoms with Gasteiger partial charge in [0, 0.05) is 25.7 Å². The Morgan fingerprint density at radius 1 is 0.290 bits per heavy atom. The van der Waals surface area contributed by atoms with Gasteiger partial charge in [0.05, 0.1) is 26.4 Å². The summed E-state index contributed by atoms with van der Waals surface area (Å²) in [6.45, 7) is 12.0. The number of hydrogen-bond acceptors (Lipinski definition) is 15. The first-order valence-electron chi connectivity index (χ1n) is 41.9. The van der Waals surface area contributed by atoms with Gasteiger partial charge in [-0.2, -0.15) is 0 Å². The first-order valence-corrected chi connectivity index (χ1v) is 44.9. The third-order valence-corrected chi connectivity index (χ3v) is 21.5. The van der Waals surface area contributed by atoms with E-state index in [9.17, 15) is 43.2 Å². The van der Waals surface area contributed by atoms with E-state index in [1.54, 1.807) is 0 Å². The lowest BCUT2D eigenvalue weighted by Gasteiger charge is -2.21. The van der Waals surface area contributed by atoms with Crippen LogP contribution in [-0.4, -0.2) is 96.7 Å². The van der Waals surface area contributed by atoms with E-state index >= 15 is 0 Å². The van der Waals surface area contributed by atoms with Crippen molar-refractivity contribution >= 4 is 39.5 Å². The van der Waals surface area contributed by atoms with E-state index in [2.05, 4.69) is 48.5 Å². The number of esters is 4. The minimum atomic E-state index is -4.96. The number of unbranched alkanes of at least 4 members (excludes halogenated alkanes) is 45. The largest absolute Gasteiger partial charge is 0.472 e. The topological polar surface area (TPSA) is 237 Å². The molecule has 4 unspecified atom stereocenters. The van der Waals surface area contributed by atoms with Crippen LogP contribution >= 0.6 is 15.6 Å². The number of aliphatic hydroxyl groups is 1. The van der Waals surface area contributed by atoms with E-state index in [0.717, 1.165) is 108 Å². The molecule has 0 aromatic carbocycles. The second-order valence-electron chi connectivity index (χ2n) is 30.1. The summed E-state index contributed by atoms with van der Waals surface area (Å²) in [5.41, 5.74) is 0. The summed E-state index contributed by atoms with van der Waals surface area (Å²) in [7, 11) is -9.92. The van der Waals surface area contributed by atoms with Crippen molar-refractivity contribution in [2.24, 2.45) is 17.8 Å². The highest BCUT2D eigenvalue weighted by Gasteiger charge is 2.30. The Hall–Kier alpha value is -1.94. The van der Waals surface area contributed by atoms with Gasteiger partial charge in [-0.15, -0.1) is 0 Å². The molecule has 0 radical (unpaired) electrons. The molecule has 0 fully saturated rings. The van der Waals surface area contributed by atoms with E-state index in [1.165, 1.54) is 231 Å². The van der Waals surface area contributed by atoms with E-state index < -0.39 is 97.5 Å².